The molecule has 1 aromatic rings. The van der Waals surface area contributed by atoms with Gasteiger partial charge in [-0.15, -0.1) is 0 Å². The van der Waals surface area contributed by atoms with E-state index in [4.69, 9.17) is 9.94 Å². The molecule has 3 aliphatic rings. The highest BCUT2D eigenvalue weighted by atomic mass is 16.6. The van der Waals surface area contributed by atoms with Gasteiger partial charge in [0.2, 0.25) is 6.61 Å². The van der Waals surface area contributed by atoms with Crippen molar-refractivity contribution in [1.82, 2.24) is 0 Å². The van der Waals surface area contributed by atoms with Gasteiger partial charge in [-0.3, -0.25) is 0 Å². The van der Waals surface area contributed by atoms with Gasteiger partial charge in [-0.2, -0.15) is 0 Å². The molecule has 0 aliphatic heterocycles. The molecule has 0 amide bonds. The van der Waals surface area contributed by atoms with Gasteiger partial charge in [-0.25, -0.2) is 4.79 Å². The molecule has 4 atom stereocenters. The summed E-state index contributed by atoms with van der Waals surface area (Å²) in [5, 5.41) is 22.7. The van der Waals surface area contributed by atoms with Gasteiger partial charge in [0.15, 0.2) is 0 Å². The number of carboxylic acids is 1. The zero-order valence-corrected chi connectivity index (χ0v) is 14.6. The van der Waals surface area contributed by atoms with Crippen LogP contribution in [-0.4, -0.2) is 28.5 Å². The van der Waals surface area contributed by atoms with Crippen LogP contribution in [-0.2, 0) is 16.1 Å². The van der Waals surface area contributed by atoms with Crippen molar-refractivity contribution < 1.29 is 19.8 Å². The molecule has 1 aromatic carbocycles. The van der Waals surface area contributed by atoms with Gasteiger partial charge in [0, 0.05) is 5.41 Å². The lowest BCUT2D eigenvalue weighted by Crippen LogP contribution is -2.42. The van der Waals surface area contributed by atoms with Crippen LogP contribution in [0.3, 0.4) is 0 Å². The summed E-state index contributed by atoms with van der Waals surface area (Å²) in [7, 11) is 0. The Morgan fingerprint density at radius 3 is 2.96 bits per heavy atom. The van der Waals surface area contributed by atoms with Gasteiger partial charge < -0.3 is 15.1 Å². The number of rotatable bonds is 3. The average molecular weight is 343 g/mol. The van der Waals surface area contributed by atoms with E-state index in [1.807, 2.05) is 12.1 Å². The number of phenolic OH excluding ortho intramolecular Hbond substituents is 1. The maximum Gasteiger partial charge on any atom is 0.344 e. The predicted molar refractivity (Wildman–Crippen MR) is 93.7 cm³/mol. The zero-order chi connectivity index (χ0) is 17.6. The largest absolute Gasteiger partial charge is 0.508 e. The third kappa shape index (κ3) is 2.70. The highest BCUT2D eigenvalue weighted by molar-refractivity contribution is 5.92. The van der Waals surface area contributed by atoms with Crippen LogP contribution in [0.5, 0.6) is 5.75 Å². The Morgan fingerprint density at radius 2 is 2.16 bits per heavy atom. The number of aryl methyl sites for hydroxylation is 1. The van der Waals surface area contributed by atoms with Gasteiger partial charge >= 0.3 is 5.97 Å². The molecule has 0 saturated heterocycles. The molecular weight excluding hydrogens is 318 g/mol. The SMILES string of the molecule is C[C@]12CC[C@@H]3c4ccc(O)cc4CC[C@H]3[C@@H]1CCC2=NOCC(=O)O. The predicted octanol–water partition coefficient (Wildman–Crippen LogP) is 3.71. The molecule has 0 spiro atoms. The second kappa shape index (κ2) is 6.04. The number of hydrogen-bond acceptors (Lipinski definition) is 4. The maximum atomic E-state index is 10.7. The summed E-state index contributed by atoms with van der Waals surface area (Å²) in [6, 6.07) is 5.86. The molecule has 2 saturated carbocycles. The fraction of sp³-hybridized carbons (Fsp3) is 0.600. The van der Waals surface area contributed by atoms with Crippen molar-refractivity contribution in [2.45, 2.75) is 51.4 Å². The summed E-state index contributed by atoms with van der Waals surface area (Å²) in [5.41, 5.74) is 3.81. The lowest BCUT2D eigenvalue weighted by Gasteiger charge is -2.49. The number of hydrogen-bond donors (Lipinski definition) is 2. The minimum atomic E-state index is -0.986. The Kier molecular flexibility index (Phi) is 3.97. The highest BCUT2D eigenvalue weighted by Crippen LogP contribution is 2.59. The minimum absolute atomic E-state index is 0.0358. The van der Waals surface area contributed by atoms with Crippen LogP contribution in [0.25, 0.3) is 0 Å². The first kappa shape index (κ1) is 16.4. The van der Waals surface area contributed by atoms with Crippen LogP contribution in [0.1, 0.15) is 56.1 Å². The summed E-state index contributed by atoms with van der Waals surface area (Å²) in [4.78, 5) is 15.7. The first-order valence-electron chi connectivity index (χ1n) is 9.22. The molecule has 2 N–H and O–H groups in total. The van der Waals surface area contributed by atoms with E-state index in [1.165, 1.54) is 11.1 Å². The Hall–Kier alpha value is -2.04. The molecular formula is C20H25NO4. The lowest BCUT2D eigenvalue weighted by atomic mass is 9.55. The van der Waals surface area contributed by atoms with E-state index >= 15 is 0 Å². The quantitative estimate of drug-likeness (QED) is 0.820. The third-order valence-electron chi connectivity index (χ3n) is 6.81. The van der Waals surface area contributed by atoms with Gasteiger partial charge in [0.05, 0.1) is 5.71 Å². The summed E-state index contributed by atoms with van der Waals surface area (Å²) in [5.74, 6) is 1.17. The van der Waals surface area contributed by atoms with E-state index in [2.05, 4.69) is 18.1 Å². The Bertz CT molecular complexity index is 728. The van der Waals surface area contributed by atoms with Crippen molar-refractivity contribution in [3.05, 3.63) is 29.3 Å². The molecule has 2 fully saturated rings. The minimum Gasteiger partial charge on any atom is -0.508 e. The first-order chi connectivity index (χ1) is 12.0. The lowest BCUT2D eigenvalue weighted by molar-refractivity contribution is -0.142. The molecule has 5 nitrogen and oxygen atoms in total. The molecule has 0 unspecified atom stereocenters. The van der Waals surface area contributed by atoms with Gasteiger partial charge in [-0.1, -0.05) is 18.1 Å². The van der Waals surface area contributed by atoms with Crippen LogP contribution in [0, 0.1) is 17.3 Å². The van der Waals surface area contributed by atoms with Crippen molar-refractivity contribution in [1.29, 1.82) is 0 Å². The summed E-state index contributed by atoms with van der Waals surface area (Å²) >= 11 is 0. The smallest absolute Gasteiger partial charge is 0.344 e. The van der Waals surface area contributed by atoms with Crippen LogP contribution < -0.4 is 0 Å². The zero-order valence-electron chi connectivity index (χ0n) is 14.6. The average Bonchev–Trinajstić information content (AvgIpc) is 2.91. The molecule has 0 bridgehead atoms. The first-order valence-corrected chi connectivity index (χ1v) is 9.22. The normalized spacial score (nSPS) is 34.9. The maximum absolute atomic E-state index is 10.7. The molecule has 25 heavy (non-hydrogen) atoms. The molecule has 4 rings (SSSR count). The number of carbonyl (C=O) groups is 1. The number of nitrogens with zero attached hydrogens (tertiary/aromatic N) is 1. The van der Waals surface area contributed by atoms with E-state index < -0.39 is 5.97 Å². The number of aromatic hydroxyl groups is 1. The highest BCUT2D eigenvalue weighted by Gasteiger charge is 2.53. The van der Waals surface area contributed by atoms with Crippen LogP contribution in [0.4, 0.5) is 0 Å². The van der Waals surface area contributed by atoms with Crippen LogP contribution in [0.2, 0.25) is 0 Å². The number of benzene rings is 1. The number of aliphatic carboxylic acids is 1. The van der Waals surface area contributed by atoms with E-state index in [0.29, 0.717) is 23.5 Å². The van der Waals surface area contributed by atoms with E-state index in [9.17, 15) is 9.90 Å². The summed E-state index contributed by atoms with van der Waals surface area (Å²) in [6.45, 7) is 1.92. The van der Waals surface area contributed by atoms with Crippen molar-refractivity contribution in [3.63, 3.8) is 0 Å². The molecule has 0 aromatic heterocycles. The fourth-order valence-corrected chi connectivity index (χ4v) is 5.67. The monoisotopic (exact) mass is 343 g/mol. The fourth-order valence-electron chi connectivity index (χ4n) is 5.67. The topological polar surface area (TPSA) is 79.1 Å². The standard InChI is InChI=1S/C20H25NO4/c1-20-9-8-15-14-5-3-13(22)10-12(14)2-4-16(15)17(20)6-7-18(20)21-25-11-19(23)24/h3,5,10,15-17,22H,2,4,6-9,11H2,1H3,(H,23,24)/t15-,16-,17+,20+/m1/s1. The molecule has 0 heterocycles. The third-order valence-corrected chi connectivity index (χ3v) is 6.81. The van der Waals surface area contributed by atoms with Crippen molar-refractivity contribution in [2.24, 2.45) is 22.4 Å². The van der Waals surface area contributed by atoms with E-state index in [0.717, 1.165) is 44.2 Å². The Morgan fingerprint density at radius 1 is 1.32 bits per heavy atom. The van der Waals surface area contributed by atoms with E-state index in [1.54, 1.807) is 0 Å². The number of oxime groups is 1. The van der Waals surface area contributed by atoms with Crippen molar-refractivity contribution in [3.8, 4) is 5.75 Å². The Balaban J connectivity index is 1.58. The van der Waals surface area contributed by atoms with Crippen molar-refractivity contribution >= 4 is 11.7 Å². The van der Waals surface area contributed by atoms with Gasteiger partial charge in [-0.05, 0) is 79.5 Å². The Labute approximate surface area is 147 Å². The number of carboxylic acid groups (broad SMARTS) is 1. The van der Waals surface area contributed by atoms with Crippen LogP contribution >= 0.6 is 0 Å². The summed E-state index contributed by atoms with van der Waals surface area (Å²) in [6.07, 6.45) is 6.39. The van der Waals surface area contributed by atoms with Gasteiger partial charge in [0.25, 0.3) is 0 Å². The summed E-state index contributed by atoms with van der Waals surface area (Å²) < 4.78 is 0. The van der Waals surface area contributed by atoms with Crippen molar-refractivity contribution in [2.75, 3.05) is 6.61 Å². The second-order valence-corrected chi connectivity index (χ2v) is 8.00. The second-order valence-electron chi connectivity index (χ2n) is 8.00. The number of phenols is 1. The molecule has 134 valence electrons. The number of fused-ring (bicyclic) bond motifs is 5. The van der Waals surface area contributed by atoms with Gasteiger partial charge in [0.1, 0.15) is 5.75 Å². The molecule has 0 radical (unpaired) electrons. The molecule has 5 heteroatoms. The van der Waals surface area contributed by atoms with E-state index in [-0.39, 0.29) is 12.0 Å². The van der Waals surface area contributed by atoms with Crippen LogP contribution in [0.15, 0.2) is 23.4 Å². The molecule has 3 aliphatic carbocycles.